The predicted octanol–water partition coefficient (Wildman–Crippen LogP) is 3.45. The molecule has 31 heavy (non-hydrogen) atoms. The van der Waals surface area contributed by atoms with Crippen molar-refractivity contribution in [3.05, 3.63) is 59.8 Å². The van der Waals surface area contributed by atoms with E-state index >= 15 is 0 Å². The Kier molecular flexibility index (Phi) is 6.92. The zero-order valence-corrected chi connectivity index (χ0v) is 18.7. The molecule has 0 atom stereocenters. The van der Waals surface area contributed by atoms with E-state index in [9.17, 15) is 4.79 Å². The third-order valence-corrected chi connectivity index (χ3v) is 6.55. The van der Waals surface area contributed by atoms with Crippen LogP contribution in [-0.2, 0) is 6.42 Å². The second-order valence-electron chi connectivity index (χ2n) is 6.21. The van der Waals surface area contributed by atoms with Crippen molar-refractivity contribution in [3.8, 4) is 0 Å². The van der Waals surface area contributed by atoms with Gasteiger partial charge in [-0.3, -0.25) is 10.1 Å². The molecule has 0 fully saturated rings. The quantitative estimate of drug-likeness (QED) is 0.354. The Morgan fingerprint density at radius 2 is 2.00 bits per heavy atom. The van der Waals surface area contributed by atoms with Gasteiger partial charge in [0.15, 0.2) is 5.16 Å². The maximum atomic E-state index is 13.0. The minimum Gasteiger partial charge on any atom is -0.396 e. The van der Waals surface area contributed by atoms with Crippen LogP contribution in [0.15, 0.2) is 62.7 Å². The van der Waals surface area contributed by atoms with Gasteiger partial charge in [-0.1, -0.05) is 23.9 Å². The van der Waals surface area contributed by atoms with Gasteiger partial charge in [0.2, 0.25) is 5.13 Å². The fourth-order valence-electron chi connectivity index (χ4n) is 2.56. The maximum Gasteiger partial charge on any atom is 0.277 e. The Balaban J connectivity index is 1.61. The number of amides is 1. The zero-order valence-electron chi connectivity index (χ0n) is 16.3. The van der Waals surface area contributed by atoms with Crippen molar-refractivity contribution in [1.29, 1.82) is 0 Å². The highest BCUT2D eigenvalue weighted by Gasteiger charge is 2.18. The smallest absolute Gasteiger partial charge is 0.277 e. The molecule has 0 aliphatic carbocycles. The summed E-state index contributed by atoms with van der Waals surface area (Å²) in [6, 6.07) is 11.5. The number of carbonyl (C=O) groups excluding carboxylic acids is 1. The van der Waals surface area contributed by atoms with Crippen LogP contribution in [0.1, 0.15) is 21.9 Å². The Hall–Kier alpha value is -2.80. The molecule has 3 heterocycles. The van der Waals surface area contributed by atoms with E-state index < -0.39 is 0 Å². The average molecular weight is 472 g/mol. The Morgan fingerprint density at radius 1 is 1.16 bits per heavy atom. The molecule has 0 saturated carbocycles. The summed E-state index contributed by atoms with van der Waals surface area (Å²) in [5.74, 6) is 0.232. The van der Waals surface area contributed by atoms with Crippen LogP contribution >= 0.6 is 35.1 Å². The fraction of sp³-hybridized carbons (Fsp3) is 0.158. The van der Waals surface area contributed by atoms with Crippen molar-refractivity contribution >= 4 is 46.1 Å². The number of aryl methyl sites for hydroxylation is 1. The maximum absolute atomic E-state index is 13.0. The first kappa shape index (κ1) is 21.4. The number of benzene rings is 1. The molecule has 0 aliphatic heterocycles. The van der Waals surface area contributed by atoms with Gasteiger partial charge in [-0.05, 0) is 54.9 Å². The number of aliphatic hydroxyl groups excluding tert-OH is 1. The molecular formula is C19H17N7O2S3. The summed E-state index contributed by atoms with van der Waals surface area (Å²) in [7, 11) is 0. The van der Waals surface area contributed by atoms with Crippen LogP contribution in [0.3, 0.4) is 0 Å². The van der Waals surface area contributed by atoms with E-state index in [1.54, 1.807) is 6.92 Å². The van der Waals surface area contributed by atoms with Crippen molar-refractivity contribution in [2.75, 3.05) is 11.9 Å². The van der Waals surface area contributed by atoms with Crippen LogP contribution in [0.25, 0.3) is 0 Å². The standard InChI is InChI=1S/C19H17N7O2S3/c1-11-22-19(31-26-11)24-17(28)16-14(29-13-4-2-12(3-5-13)8-9-27)6-7-15(23-16)30-18-20-10-21-25-18/h2-7,10,27H,8-9H2,1H3,(H,20,21,25)(H,22,24,26,28). The van der Waals surface area contributed by atoms with E-state index in [4.69, 9.17) is 5.11 Å². The summed E-state index contributed by atoms with van der Waals surface area (Å²) in [6.45, 7) is 1.87. The second-order valence-corrected chi connectivity index (χ2v) is 9.09. The van der Waals surface area contributed by atoms with E-state index in [1.807, 2.05) is 36.4 Å². The van der Waals surface area contributed by atoms with Crippen molar-refractivity contribution in [2.45, 2.75) is 33.3 Å². The number of H-pyrrole nitrogens is 1. The number of aromatic nitrogens is 6. The van der Waals surface area contributed by atoms with Crippen LogP contribution in [0.5, 0.6) is 0 Å². The Bertz CT molecular complexity index is 1160. The number of carbonyl (C=O) groups is 1. The Labute approximate surface area is 190 Å². The molecule has 0 bridgehead atoms. The average Bonchev–Trinajstić information content (AvgIpc) is 3.42. The summed E-state index contributed by atoms with van der Waals surface area (Å²) in [5.41, 5.74) is 1.33. The van der Waals surface area contributed by atoms with Gasteiger partial charge >= 0.3 is 0 Å². The van der Waals surface area contributed by atoms with E-state index in [0.29, 0.717) is 32.5 Å². The first-order valence-corrected chi connectivity index (χ1v) is 11.6. The molecule has 3 aromatic heterocycles. The highest BCUT2D eigenvalue weighted by atomic mass is 32.2. The third kappa shape index (κ3) is 5.67. The van der Waals surface area contributed by atoms with Gasteiger partial charge in [0, 0.05) is 27.9 Å². The van der Waals surface area contributed by atoms with Crippen molar-refractivity contribution in [1.82, 2.24) is 29.5 Å². The molecule has 0 spiro atoms. The van der Waals surface area contributed by atoms with Gasteiger partial charge < -0.3 is 10.1 Å². The van der Waals surface area contributed by atoms with Gasteiger partial charge in [0.05, 0.1) is 0 Å². The van der Waals surface area contributed by atoms with E-state index in [2.05, 4.69) is 34.8 Å². The lowest BCUT2D eigenvalue weighted by Crippen LogP contribution is -2.15. The minimum atomic E-state index is -0.365. The lowest BCUT2D eigenvalue weighted by molar-refractivity contribution is 0.101. The van der Waals surface area contributed by atoms with Crippen LogP contribution in [0.2, 0.25) is 0 Å². The molecule has 3 N–H and O–H groups in total. The number of anilines is 1. The van der Waals surface area contributed by atoms with E-state index in [1.165, 1.54) is 29.9 Å². The molecule has 0 unspecified atom stereocenters. The summed E-state index contributed by atoms with van der Waals surface area (Å²) >= 11 is 3.84. The normalized spacial score (nSPS) is 10.9. The number of hydrogen-bond donors (Lipinski definition) is 3. The zero-order chi connectivity index (χ0) is 21.6. The highest BCUT2D eigenvalue weighted by molar-refractivity contribution is 7.99. The molecule has 0 radical (unpaired) electrons. The second kappa shape index (κ2) is 10.0. The summed E-state index contributed by atoms with van der Waals surface area (Å²) in [5, 5.41) is 21.2. The number of nitrogens with one attached hydrogen (secondary N) is 2. The first-order valence-electron chi connectivity index (χ1n) is 9.15. The minimum absolute atomic E-state index is 0.107. The lowest BCUT2D eigenvalue weighted by atomic mass is 10.2. The van der Waals surface area contributed by atoms with Gasteiger partial charge in [0.25, 0.3) is 5.91 Å². The first-order chi connectivity index (χ1) is 15.1. The molecule has 1 amide bonds. The summed E-state index contributed by atoms with van der Waals surface area (Å²) in [4.78, 5) is 26.3. The molecule has 0 saturated heterocycles. The lowest BCUT2D eigenvalue weighted by Gasteiger charge is -2.10. The molecule has 0 aliphatic rings. The molecule has 158 valence electrons. The van der Waals surface area contributed by atoms with Gasteiger partial charge in [-0.25, -0.2) is 9.97 Å². The molecule has 9 nitrogen and oxygen atoms in total. The van der Waals surface area contributed by atoms with Gasteiger partial charge in [0.1, 0.15) is 22.9 Å². The van der Waals surface area contributed by atoms with Crippen molar-refractivity contribution in [2.24, 2.45) is 0 Å². The SMILES string of the molecule is Cc1nsc(NC(=O)c2nc(Sc3nnc[nH]3)ccc2Sc2ccc(CCO)cc2)n1. The summed E-state index contributed by atoms with van der Waals surface area (Å²) < 4.78 is 4.09. The topological polar surface area (TPSA) is 130 Å². The fourth-order valence-corrected chi connectivity index (χ4v) is 4.70. The Morgan fingerprint density at radius 3 is 2.68 bits per heavy atom. The monoisotopic (exact) mass is 471 g/mol. The van der Waals surface area contributed by atoms with E-state index in [0.717, 1.165) is 22.0 Å². The number of pyridine rings is 1. The summed E-state index contributed by atoms with van der Waals surface area (Å²) in [6.07, 6.45) is 2.09. The van der Waals surface area contributed by atoms with Gasteiger partial charge in [-0.2, -0.15) is 4.37 Å². The van der Waals surface area contributed by atoms with Crippen LogP contribution in [0, 0.1) is 6.92 Å². The number of hydrogen-bond acceptors (Lipinski definition) is 10. The molecule has 1 aromatic carbocycles. The third-order valence-electron chi connectivity index (χ3n) is 3.94. The largest absolute Gasteiger partial charge is 0.396 e. The number of aromatic amines is 1. The molecule has 4 rings (SSSR count). The number of nitrogens with zero attached hydrogens (tertiary/aromatic N) is 5. The van der Waals surface area contributed by atoms with Gasteiger partial charge in [-0.15, -0.1) is 10.2 Å². The van der Waals surface area contributed by atoms with Crippen molar-refractivity contribution < 1.29 is 9.90 Å². The predicted molar refractivity (Wildman–Crippen MR) is 119 cm³/mol. The molecule has 12 heteroatoms. The molecule has 4 aromatic rings. The number of rotatable bonds is 8. The number of aliphatic hydroxyl groups is 1. The van der Waals surface area contributed by atoms with Crippen molar-refractivity contribution in [3.63, 3.8) is 0 Å². The van der Waals surface area contributed by atoms with Crippen LogP contribution in [-0.4, -0.2) is 47.1 Å². The van der Waals surface area contributed by atoms with Crippen LogP contribution < -0.4 is 5.32 Å². The molecular weight excluding hydrogens is 454 g/mol. The highest BCUT2D eigenvalue weighted by Crippen LogP contribution is 2.33. The van der Waals surface area contributed by atoms with Crippen LogP contribution in [0.4, 0.5) is 5.13 Å². The van der Waals surface area contributed by atoms with E-state index in [-0.39, 0.29) is 18.2 Å².